The summed E-state index contributed by atoms with van der Waals surface area (Å²) in [6.07, 6.45) is 7.20. The van der Waals surface area contributed by atoms with E-state index in [1.807, 2.05) is 0 Å². The van der Waals surface area contributed by atoms with Crippen molar-refractivity contribution in [2.45, 2.75) is 64.4 Å². The third kappa shape index (κ3) is 3.79. The summed E-state index contributed by atoms with van der Waals surface area (Å²) in [5.74, 6) is 1.66. The summed E-state index contributed by atoms with van der Waals surface area (Å²) in [7, 11) is 0. The molecule has 0 radical (unpaired) electrons. The van der Waals surface area contributed by atoms with Crippen molar-refractivity contribution >= 4 is 5.78 Å². The minimum atomic E-state index is 0.0782. The number of nitrogens with two attached hydrogens (primary N) is 1. The Hall–Kier alpha value is -0.410. The van der Waals surface area contributed by atoms with Gasteiger partial charge in [-0.25, -0.2) is 0 Å². The Morgan fingerprint density at radius 3 is 2.68 bits per heavy atom. The van der Waals surface area contributed by atoms with Gasteiger partial charge in [-0.15, -0.1) is 0 Å². The van der Waals surface area contributed by atoms with Gasteiger partial charge in [0.1, 0.15) is 5.78 Å². The zero-order chi connectivity index (χ0) is 13.9. The van der Waals surface area contributed by atoms with E-state index < -0.39 is 0 Å². The summed E-state index contributed by atoms with van der Waals surface area (Å²) in [6.45, 7) is 5.81. The van der Waals surface area contributed by atoms with Gasteiger partial charge in [-0.3, -0.25) is 4.79 Å². The number of hydrogen-bond donors (Lipinski definition) is 1. The monoisotopic (exact) mass is 267 g/mol. The van der Waals surface area contributed by atoms with Crippen LogP contribution in [0, 0.1) is 17.8 Å². The number of carbonyl (C=O) groups excluding carboxylic acids is 1. The third-order valence-corrected chi connectivity index (χ3v) is 4.84. The number of rotatable bonds is 6. The van der Waals surface area contributed by atoms with Crippen molar-refractivity contribution in [3.8, 4) is 0 Å². The summed E-state index contributed by atoms with van der Waals surface area (Å²) >= 11 is 0. The van der Waals surface area contributed by atoms with E-state index in [-0.39, 0.29) is 11.5 Å². The maximum Gasteiger partial charge on any atom is 0.136 e. The maximum absolute atomic E-state index is 12.5. The molecular formula is C16H29NO2. The van der Waals surface area contributed by atoms with Gasteiger partial charge in [0.25, 0.3) is 0 Å². The lowest BCUT2D eigenvalue weighted by Gasteiger charge is -2.47. The van der Waals surface area contributed by atoms with Crippen molar-refractivity contribution in [3.05, 3.63) is 0 Å². The van der Waals surface area contributed by atoms with Crippen molar-refractivity contribution in [2.24, 2.45) is 23.5 Å². The molecule has 0 bridgehead atoms. The molecule has 0 aromatic heterocycles. The predicted octanol–water partition coefficient (Wildman–Crippen LogP) is 2.92. The van der Waals surface area contributed by atoms with Crippen LogP contribution in [0.1, 0.15) is 58.8 Å². The highest BCUT2D eigenvalue weighted by Crippen LogP contribution is 2.44. The molecule has 2 rings (SSSR count). The van der Waals surface area contributed by atoms with Crippen molar-refractivity contribution < 1.29 is 9.53 Å². The van der Waals surface area contributed by atoms with Gasteiger partial charge >= 0.3 is 0 Å². The van der Waals surface area contributed by atoms with Crippen molar-refractivity contribution in [3.63, 3.8) is 0 Å². The first-order chi connectivity index (χ1) is 9.04. The molecule has 2 N–H and O–H groups in total. The van der Waals surface area contributed by atoms with E-state index >= 15 is 0 Å². The highest BCUT2D eigenvalue weighted by Gasteiger charge is 2.44. The third-order valence-electron chi connectivity index (χ3n) is 4.84. The molecule has 3 nitrogen and oxygen atoms in total. The molecule has 0 aromatic carbocycles. The number of carbonyl (C=O) groups is 1. The standard InChI is InChI=1S/C16H29NO2/c1-12(2)8-13(11-17)9-15(18)14-4-7-19-16(10-14)5-3-6-16/h12-14H,3-11,17H2,1-2H3. The van der Waals surface area contributed by atoms with Gasteiger partial charge in [0.05, 0.1) is 5.60 Å². The fourth-order valence-corrected chi connectivity index (χ4v) is 3.60. The molecule has 1 saturated carbocycles. The zero-order valence-corrected chi connectivity index (χ0v) is 12.5. The Morgan fingerprint density at radius 1 is 1.42 bits per heavy atom. The van der Waals surface area contributed by atoms with E-state index in [2.05, 4.69) is 13.8 Å². The van der Waals surface area contributed by atoms with Gasteiger partial charge in [0, 0.05) is 18.9 Å². The van der Waals surface area contributed by atoms with Gasteiger partial charge in [0.2, 0.25) is 0 Å². The average Bonchev–Trinajstić information content (AvgIpc) is 2.35. The molecular weight excluding hydrogens is 238 g/mol. The fourth-order valence-electron chi connectivity index (χ4n) is 3.60. The SMILES string of the molecule is CC(C)CC(CN)CC(=O)C1CCOC2(CCC2)C1. The molecule has 1 aliphatic carbocycles. The molecule has 110 valence electrons. The van der Waals surface area contributed by atoms with Crippen LogP contribution in [0.25, 0.3) is 0 Å². The van der Waals surface area contributed by atoms with Gasteiger partial charge in [-0.1, -0.05) is 13.8 Å². The smallest absolute Gasteiger partial charge is 0.136 e. The van der Waals surface area contributed by atoms with Crippen LogP contribution >= 0.6 is 0 Å². The van der Waals surface area contributed by atoms with Crippen molar-refractivity contribution in [2.75, 3.05) is 13.2 Å². The van der Waals surface area contributed by atoms with E-state index in [9.17, 15) is 4.79 Å². The molecule has 2 unspecified atom stereocenters. The molecule has 0 aromatic rings. The van der Waals surface area contributed by atoms with Crippen LogP contribution < -0.4 is 5.73 Å². The summed E-state index contributed by atoms with van der Waals surface area (Å²) < 4.78 is 5.90. The predicted molar refractivity (Wildman–Crippen MR) is 76.9 cm³/mol. The minimum absolute atomic E-state index is 0.0782. The first kappa shape index (κ1) is 15.0. The normalized spacial score (nSPS) is 27.3. The van der Waals surface area contributed by atoms with E-state index in [4.69, 9.17) is 10.5 Å². The Kier molecular flexibility index (Phi) is 5.02. The molecule has 0 amide bonds. The Labute approximate surface area is 117 Å². The van der Waals surface area contributed by atoms with Crippen LogP contribution in [0.5, 0.6) is 0 Å². The van der Waals surface area contributed by atoms with Gasteiger partial charge in [0.15, 0.2) is 0 Å². The van der Waals surface area contributed by atoms with Crippen LogP contribution in [-0.2, 0) is 9.53 Å². The quantitative estimate of drug-likeness (QED) is 0.805. The lowest BCUT2D eigenvalue weighted by Crippen LogP contribution is -2.47. The van der Waals surface area contributed by atoms with Crippen LogP contribution in [0.2, 0.25) is 0 Å². The number of hydrogen-bond acceptors (Lipinski definition) is 3. The van der Waals surface area contributed by atoms with Gasteiger partial charge in [-0.2, -0.15) is 0 Å². The molecule has 3 heteroatoms. The first-order valence-corrected chi connectivity index (χ1v) is 7.91. The summed E-state index contributed by atoms with van der Waals surface area (Å²) in [4.78, 5) is 12.5. The van der Waals surface area contributed by atoms with E-state index in [1.54, 1.807) is 0 Å². The van der Waals surface area contributed by atoms with Crippen LogP contribution in [0.4, 0.5) is 0 Å². The second kappa shape index (κ2) is 6.36. The fraction of sp³-hybridized carbons (Fsp3) is 0.938. The Bertz CT molecular complexity index is 310. The number of Topliss-reactive ketones (excluding diaryl/α,β-unsaturated/α-hetero) is 1. The summed E-state index contributed by atoms with van der Waals surface area (Å²) in [5.41, 5.74) is 5.89. The highest BCUT2D eigenvalue weighted by atomic mass is 16.5. The van der Waals surface area contributed by atoms with E-state index in [0.29, 0.717) is 30.6 Å². The van der Waals surface area contributed by atoms with Crippen LogP contribution in [-0.4, -0.2) is 24.5 Å². The molecule has 1 saturated heterocycles. The molecule has 2 atom stereocenters. The van der Waals surface area contributed by atoms with Crippen LogP contribution in [0.3, 0.4) is 0 Å². The highest BCUT2D eigenvalue weighted by molar-refractivity contribution is 5.81. The number of ether oxygens (including phenoxy) is 1. The second-order valence-electron chi connectivity index (χ2n) is 6.98. The van der Waals surface area contributed by atoms with Gasteiger partial charge < -0.3 is 10.5 Å². The van der Waals surface area contributed by atoms with E-state index in [0.717, 1.165) is 38.7 Å². The topological polar surface area (TPSA) is 52.3 Å². The minimum Gasteiger partial charge on any atom is -0.375 e. The van der Waals surface area contributed by atoms with Crippen LogP contribution in [0.15, 0.2) is 0 Å². The van der Waals surface area contributed by atoms with Gasteiger partial charge in [-0.05, 0) is 56.9 Å². The summed E-state index contributed by atoms with van der Waals surface area (Å²) in [6, 6.07) is 0. The molecule has 1 heterocycles. The Morgan fingerprint density at radius 2 is 2.16 bits per heavy atom. The molecule has 19 heavy (non-hydrogen) atoms. The largest absolute Gasteiger partial charge is 0.375 e. The maximum atomic E-state index is 12.5. The Balaban J connectivity index is 1.84. The molecule has 1 aliphatic heterocycles. The zero-order valence-electron chi connectivity index (χ0n) is 12.5. The number of ketones is 1. The van der Waals surface area contributed by atoms with Crippen molar-refractivity contribution in [1.29, 1.82) is 0 Å². The molecule has 1 spiro atoms. The molecule has 2 aliphatic rings. The average molecular weight is 267 g/mol. The van der Waals surface area contributed by atoms with E-state index in [1.165, 1.54) is 6.42 Å². The summed E-state index contributed by atoms with van der Waals surface area (Å²) in [5, 5.41) is 0. The first-order valence-electron chi connectivity index (χ1n) is 7.91. The second-order valence-corrected chi connectivity index (χ2v) is 6.98. The van der Waals surface area contributed by atoms with Crippen molar-refractivity contribution in [1.82, 2.24) is 0 Å². The molecule has 2 fully saturated rings. The lowest BCUT2D eigenvalue weighted by molar-refractivity contribution is -0.156. The lowest BCUT2D eigenvalue weighted by atomic mass is 9.70.